The van der Waals surface area contributed by atoms with Crippen molar-refractivity contribution >= 4 is 5.97 Å². The van der Waals surface area contributed by atoms with Crippen LogP contribution in [-0.4, -0.2) is 11.6 Å². The first-order valence-corrected chi connectivity index (χ1v) is 9.10. The molecule has 0 saturated heterocycles. The van der Waals surface area contributed by atoms with Crippen LogP contribution in [0.5, 0.6) is 0 Å². The number of esters is 1. The van der Waals surface area contributed by atoms with Crippen molar-refractivity contribution < 1.29 is 9.53 Å². The first-order chi connectivity index (χ1) is 9.87. The molecule has 3 aliphatic carbocycles. The van der Waals surface area contributed by atoms with Crippen LogP contribution >= 0.6 is 0 Å². The van der Waals surface area contributed by atoms with Gasteiger partial charge in [-0.3, -0.25) is 4.79 Å². The minimum Gasteiger partial charge on any atom is -0.459 e. The zero-order valence-corrected chi connectivity index (χ0v) is 14.4. The molecule has 0 amide bonds. The lowest BCUT2D eigenvalue weighted by atomic mass is 9.70. The summed E-state index contributed by atoms with van der Waals surface area (Å²) in [6, 6.07) is 0. The van der Waals surface area contributed by atoms with Crippen molar-refractivity contribution in [3.05, 3.63) is 0 Å². The summed E-state index contributed by atoms with van der Waals surface area (Å²) in [5, 5.41) is 0. The van der Waals surface area contributed by atoms with Crippen LogP contribution in [0.2, 0.25) is 0 Å². The lowest BCUT2D eigenvalue weighted by molar-refractivity contribution is -0.176. The quantitative estimate of drug-likeness (QED) is 0.695. The van der Waals surface area contributed by atoms with E-state index < -0.39 is 0 Å². The van der Waals surface area contributed by atoms with Gasteiger partial charge in [0.05, 0.1) is 5.92 Å². The molecule has 2 nitrogen and oxygen atoms in total. The first kappa shape index (κ1) is 15.4. The summed E-state index contributed by atoms with van der Waals surface area (Å²) in [4.78, 5) is 12.5. The fourth-order valence-corrected chi connectivity index (χ4v) is 6.26. The predicted octanol–water partition coefficient (Wildman–Crippen LogP) is 4.82. The Labute approximate surface area is 130 Å². The monoisotopic (exact) mass is 292 g/mol. The topological polar surface area (TPSA) is 26.3 Å². The van der Waals surface area contributed by atoms with Crippen molar-refractivity contribution in [3.63, 3.8) is 0 Å². The second kappa shape index (κ2) is 4.99. The van der Waals surface area contributed by atoms with E-state index in [4.69, 9.17) is 4.74 Å². The molecule has 0 aromatic rings. The van der Waals surface area contributed by atoms with Crippen molar-refractivity contribution in [3.8, 4) is 0 Å². The highest BCUT2D eigenvalue weighted by Gasteiger charge is 2.70. The molecule has 6 atom stereocenters. The zero-order valence-electron chi connectivity index (χ0n) is 14.4. The summed E-state index contributed by atoms with van der Waals surface area (Å²) in [7, 11) is 0. The highest BCUT2D eigenvalue weighted by Crippen LogP contribution is 2.71. The summed E-state index contributed by atoms with van der Waals surface area (Å²) in [5.41, 5.74) is 0.182. The highest BCUT2D eigenvalue weighted by molar-refractivity contribution is 5.72. The van der Waals surface area contributed by atoms with E-state index in [1.165, 1.54) is 19.3 Å². The molecule has 3 fully saturated rings. The molecule has 3 aliphatic rings. The summed E-state index contributed by atoms with van der Waals surface area (Å²) in [6.07, 6.45) is 7.14. The molecule has 6 unspecified atom stereocenters. The normalized spacial score (nSPS) is 44.6. The number of carbonyl (C=O) groups is 1. The van der Waals surface area contributed by atoms with Crippen LogP contribution in [0.15, 0.2) is 0 Å². The molecular formula is C19H32O2. The van der Waals surface area contributed by atoms with Gasteiger partial charge in [0.1, 0.15) is 5.60 Å². The molecule has 0 heterocycles. The third-order valence-electron chi connectivity index (χ3n) is 7.38. The van der Waals surface area contributed by atoms with Gasteiger partial charge in [0.15, 0.2) is 0 Å². The summed E-state index contributed by atoms with van der Waals surface area (Å²) in [6.45, 7) is 11.2. The van der Waals surface area contributed by atoms with Crippen LogP contribution in [-0.2, 0) is 9.53 Å². The zero-order chi connectivity index (χ0) is 15.4. The third-order valence-corrected chi connectivity index (χ3v) is 7.38. The van der Waals surface area contributed by atoms with Crippen molar-refractivity contribution in [2.45, 2.75) is 78.7 Å². The van der Waals surface area contributed by atoms with Gasteiger partial charge in [-0.2, -0.15) is 0 Å². The van der Waals surface area contributed by atoms with Gasteiger partial charge in [-0.15, -0.1) is 0 Å². The van der Waals surface area contributed by atoms with E-state index in [9.17, 15) is 4.79 Å². The van der Waals surface area contributed by atoms with Gasteiger partial charge >= 0.3 is 5.97 Å². The number of hydrogen-bond donors (Lipinski definition) is 0. The molecular weight excluding hydrogens is 260 g/mol. The Balaban J connectivity index is 1.89. The van der Waals surface area contributed by atoms with Crippen molar-refractivity contribution in [2.24, 2.45) is 35.0 Å². The number of rotatable bonds is 4. The lowest BCUT2D eigenvalue weighted by Crippen LogP contribution is -2.47. The Morgan fingerprint density at radius 1 is 1.24 bits per heavy atom. The average Bonchev–Trinajstić information content (AvgIpc) is 3.05. The molecule has 0 aromatic carbocycles. The Kier molecular flexibility index (Phi) is 3.65. The SMILES string of the molecule is CCC(C)C(=O)OC1(CC)CC2C3CCCC3C1C2(C)C. The van der Waals surface area contributed by atoms with Crippen LogP contribution < -0.4 is 0 Å². The number of hydrogen-bond acceptors (Lipinski definition) is 2. The number of ether oxygens (including phenoxy) is 1. The van der Waals surface area contributed by atoms with E-state index in [1.807, 2.05) is 6.92 Å². The molecule has 0 spiro atoms. The van der Waals surface area contributed by atoms with Gasteiger partial charge in [0, 0.05) is 5.92 Å². The average molecular weight is 292 g/mol. The minimum absolute atomic E-state index is 0.0371. The highest BCUT2D eigenvalue weighted by atomic mass is 16.6. The molecule has 0 aliphatic heterocycles. The van der Waals surface area contributed by atoms with Crippen molar-refractivity contribution in [1.29, 1.82) is 0 Å². The van der Waals surface area contributed by atoms with Gasteiger partial charge in [-0.05, 0) is 55.3 Å². The standard InChI is InChI=1S/C19H32O2/c1-6-12(3)17(20)21-19(7-2)11-15-13-9-8-10-14(13)16(19)18(15,4)5/h12-16H,6-11H2,1-5H3. The Morgan fingerprint density at radius 2 is 1.90 bits per heavy atom. The molecule has 2 heteroatoms. The van der Waals surface area contributed by atoms with E-state index in [0.29, 0.717) is 11.3 Å². The van der Waals surface area contributed by atoms with E-state index in [1.54, 1.807) is 0 Å². The predicted molar refractivity (Wildman–Crippen MR) is 84.8 cm³/mol. The first-order valence-electron chi connectivity index (χ1n) is 9.10. The Morgan fingerprint density at radius 3 is 2.52 bits per heavy atom. The molecule has 0 radical (unpaired) electrons. The Bertz CT molecular complexity index is 427. The number of fused-ring (bicyclic) bond motifs is 5. The second-order valence-electron chi connectivity index (χ2n) is 8.52. The summed E-state index contributed by atoms with van der Waals surface area (Å²) < 4.78 is 6.24. The van der Waals surface area contributed by atoms with Crippen LogP contribution in [0.1, 0.15) is 73.1 Å². The molecule has 21 heavy (non-hydrogen) atoms. The van der Waals surface area contributed by atoms with E-state index in [2.05, 4.69) is 27.7 Å². The van der Waals surface area contributed by atoms with Gasteiger partial charge in [0.25, 0.3) is 0 Å². The molecule has 3 rings (SSSR count). The smallest absolute Gasteiger partial charge is 0.309 e. The maximum atomic E-state index is 12.5. The van der Waals surface area contributed by atoms with Crippen LogP contribution in [0.4, 0.5) is 0 Å². The lowest BCUT2D eigenvalue weighted by Gasteiger charge is -2.43. The van der Waals surface area contributed by atoms with Gasteiger partial charge in [0.2, 0.25) is 0 Å². The fraction of sp³-hybridized carbons (Fsp3) is 0.947. The van der Waals surface area contributed by atoms with Crippen molar-refractivity contribution in [2.75, 3.05) is 0 Å². The molecule has 3 saturated carbocycles. The van der Waals surface area contributed by atoms with E-state index in [0.717, 1.165) is 37.0 Å². The number of carbonyl (C=O) groups excluding carboxylic acids is 1. The second-order valence-corrected chi connectivity index (χ2v) is 8.52. The summed E-state index contributed by atoms with van der Waals surface area (Å²) in [5.74, 6) is 3.14. The molecule has 0 aromatic heterocycles. The van der Waals surface area contributed by atoms with E-state index >= 15 is 0 Å². The molecule has 2 bridgehead atoms. The molecule has 0 N–H and O–H groups in total. The maximum absolute atomic E-state index is 12.5. The summed E-state index contributed by atoms with van der Waals surface area (Å²) >= 11 is 0. The van der Waals surface area contributed by atoms with Gasteiger partial charge in [-0.1, -0.05) is 41.0 Å². The van der Waals surface area contributed by atoms with Crippen LogP contribution in [0.25, 0.3) is 0 Å². The maximum Gasteiger partial charge on any atom is 0.309 e. The largest absolute Gasteiger partial charge is 0.459 e. The van der Waals surface area contributed by atoms with Crippen LogP contribution in [0.3, 0.4) is 0 Å². The minimum atomic E-state index is -0.166. The van der Waals surface area contributed by atoms with Crippen molar-refractivity contribution in [1.82, 2.24) is 0 Å². The fourth-order valence-electron chi connectivity index (χ4n) is 6.26. The van der Waals surface area contributed by atoms with E-state index in [-0.39, 0.29) is 17.5 Å². The third kappa shape index (κ3) is 2.00. The van der Waals surface area contributed by atoms with Crippen LogP contribution in [0, 0.1) is 35.0 Å². The Hall–Kier alpha value is -0.530. The van der Waals surface area contributed by atoms with Gasteiger partial charge < -0.3 is 4.74 Å². The molecule has 120 valence electrons. The van der Waals surface area contributed by atoms with Gasteiger partial charge in [-0.25, -0.2) is 0 Å².